The fourth-order valence-corrected chi connectivity index (χ4v) is 0.874. The zero-order chi connectivity index (χ0) is 6.53. The minimum atomic E-state index is 0.694. The van der Waals surface area contributed by atoms with E-state index >= 15 is 0 Å². The molecule has 3 heteroatoms. The Morgan fingerprint density at radius 1 is 1.78 bits per heavy atom. The van der Waals surface area contributed by atoms with Crippen LogP contribution < -0.4 is 5.32 Å². The van der Waals surface area contributed by atoms with Crippen LogP contribution in [0.2, 0.25) is 0 Å². The van der Waals surface area contributed by atoms with Crippen molar-refractivity contribution >= 4 is 22.1 Å². The van der Waals surface area contributed by atoms with E-state index in [0.717, 1.165) is 5.57 Å². The Hall–Kier alpha value is -0.570. The molecule has 0 atom stereocenters. The van der Waals surface area contributed by atoms with Crippen molar-refractivity contribution in [1.82, 2.24) is 5.32 Å². The Bertz CT molecular complexity index is 166. The second-order valence-corrected chi connectivity index (χ2v) is 2.14. The van der Waals surface area contributed by atoms with E-state index in [0.29, 0.717) is 6.67 Å². The first-order valence-electron chi connectivity index (χ1n) is 2.63. The fraction of sp³-hybridized carbons (Fsp3) is 0.167. The molecule has 0 aromatic rings. The van der Waals surface area contributed by atoms with Crippen molar-refractivity contribution in [2.24, 2.45) is 4.99 Å². The molecule has 0 bridgehead atoms. The molecule has 0 aromatic carbocycles. The van der Waals surface area contributed by atoms with Gasteiger partial charge in [0.25, 0.3) is 0 Å². The second-order valence-electron chi connectivity index (χ2n) is 1.61. The van der Waals surface area contributed by atoms with Gasteiger partial charge in [-0.1, -0.05) is 15.9 Å². The number of rotatable bonds is 1. The zero-order valence-electron chi connectivity index (χ0n) is 4.84. The van der Waals surface area contributed by atoms with Crippen LogP contribution in [0.15, 0.2) is 27.8 Å². The summed E-state index contributed by atoms with van der Waals surface area (Å²) in [7, 11) is 0. The molecule has 0 saturated heterocycles. The average molecular weight is 187 g/mol. The summed E-state index contributed by atoms with van der Waals surface area (Å²) in [6.45, 7) is 0.694. The number of allylic oxidation sites excluding steroid dienone is 2. The molecule has 48 valence electrons. The van der Waals surface area contributed by atoms with Gasteiger partial charge in [0, 0.05) is 18.0 Å². The minimum absolute atomic E-state index is 0.694. The lowest BCUT2D eigenvalue weighted by molar-refractivity contribution is 0.873. The van der Waals surface area contributed by atoms with E-state index in [2.05, 4.69) is 26.2 Å². The van der Waals surface area contributed by atoms with Crippen molar-refractivity contribution < 1.29 is 0 Å². The van der Waals surface area contributed by atoms with Crippen molar-refractivity contribution in [3.8, 4) is 0 Å². The van der Waals surface area contributed by atoms with Crippen LogP contribution in [0, 0.1) is 0 Å². The molecule has 0 aliphatic carbocycles. The van der Waals surface area contributed by atoms with Gasteiger partial charge in [0.05, 0.1) is 0 Å². The van der Waals surface area contributed by atoms with Crippen LogP contribution in [0.3, 0.4) is 0 Å². The number of hydrogen-bond donors (Lipinski definition) is 1. The molecule has 0 spiro atoms. The maximum absolute atomic E-state index is 4.00. The van der Waals surface area contributed by atoms with Crippen LogP contribution >= 0.6 is 15.9 Å². The van der Waals surface area contributed by atoms with Crippen LogP contribution in [0.1, 0.15) is 0 Å². The number of hydrogen-bond acceptors (Lipinski definition) is 2. The summed E-state index contributed by atoms with van der Waals surface area (Å²) >= 11 is 3.17. The van der Waals surface area contributed by atoms with E-state index in [9.17, 15) is 0 Å². The van der Waals surface area contributed by atoms with Crippen molar-refractivity contribution in [1.29, 1.82) is 0 Å². The lowest BCUT2D eigenvalue weighted by Gasteiger charge is -2.01. The number of aliphatic imine (C=N–C) groups is 1. The summed E-state index contributed by atoms with van der Waals surface area (Å²) in [5.74, 6) is 0. The first-order valence-corrected chi connectivity index (χ1v) is 3.55. The maximum atomic E-state index is 4.00. The average Bonchev–Trinajstić information content (AvgIpc) is 1.91. The summed E-state index contributed by atoms with van der Waals surface area (Å²) in [4.78, 5) is 5.80. The fourth-order valence-electron chi connectivity index (χ4n) is 0.568. The SMILES string of the molecule is Br/C=C/C1=CNCN=C1. The highest BCUT2D eigenvalue weighted by atomic mass is 79.9. The summed E-state index contributed by atoms with van der Waals surface area (Å²) in [6, 6.07) is 0. The van der Waals surface area contributed by atoms with Gasteiger partial charge in [-0.15, -0.1) is 0 Å². The Morgan fingerprint density at radius 3 is 3.22 bits per heavy atom. The summed E-state index contributed by atoms with van der Waals surface area (Å²) in [5, 5.41) is 2.99. The highest BCUT2D eigenvalue weighted by molar-refractivity contribution is 9.11. The van der Waals surface area contributed by atoms with Crippen LogP contribution in [0.25, 0.3) is 0 Å². The first-order chi connectivity index (χ1) is 4.43. The smallest absolute Gasteiger partial charge is 0.107 e. The van der Waals surface area contributed by atoms with Crippen LogP contribution in [-0.4, -0.2) is 12.9 Å². The molecule has 0 unspecified atom stereocenters. The molecule has 1 N–H and O–H groups in total. The van der Waals surface area contributed by atoms with E-state index in [1.807, 2.05) is 18.5 Å². The molecule has 0 amide bonds. The van der Waals surface area contributed by atoms with Gasteiger partial charge in [-0.2, -0.15) is 0 Å². The molecule has 0 fully saturated rings. The Balaban J connectivity index is 2.58. The van der Waals surface area contributed by atoms with E-state index in [4.69, 9.17) is 0 Å². The highest BCUT2D eigenvalue weighted by Gasteiger charge is 1.89. The molecule has 0 saturated carbocycles. The Kier molecular flexibility index (Phi) is 2.51. The predicted octanol–water partition coefficient (Wildman–Crippen LogP) is 1.41. The number of nitrogens with zero attached hydrogens (tertiary/aromatic N) is 1. The largest absolute Gasteiger partial charge is 0.372 e. The van der Waals surface area contributed by atoms with Gasteiger partial charge in [0.2, 0.25) is 0 Å². The second kappa shape index (κ2) is 3.45. The van der Waals surface area contributed by atoms with Gasteiger partial charge >= 0.3 is 0 Å². The molecule has 1 rings (SSSR count). The number of nitrogens with one attached hydrogen (secondary N) is 1. The van der Waals surface area contributed by atoms with E-state index in [1.54, 1.807) is 4.99 Å². The molecule has 1 aliphatic heterocycles. The minimum Gasteiger partial charge on any atom is -0.372 e. The zero-order valence-corrected chi connectivity index (χ0v) is 6.43. The van der Waals surface area contributed by atoms with Crippen molar-refractivity contribution in [3.05, 3.63) is 22.8 Å². The van der Waals surface area contributed by atoms with Gasteiger partial charge < -0.3 is 5.32 Å². The van der Waals surface area contributed by atoms with Crippen molar-refractivity contribution in [2.75, 3.05) is 6.67 Å². The maximum Gasteiger partial charge on any atom is 0.107 e. The predicted molar refractivity (Wildman–Crippen MR) is 42.6 cm³/mol. The summed E-state index contributed by atoms with van der Waals surface area (Å²) in [6.07, 6.45) is 5.68. The normalized spacial score (nSPS) is 17.7. The highest BCUT2D eigenvalue weighted by Crippen LogP contribution is 1.96. The third kappa shape index (κ3) is 2.01. The van der Waals surface area contributed by atoms with Gasteiger partial charge in [0.15, 0.2) is 0 Å². The van der Waals surface area contributed by atoms with E-state index in [-0.39, 0.29) is 0 Å². The standard InChI is InChI=1S/C6H7BrN2/c7-2-1-6-3-8-5-9-4-6/h1-4,8H,5H2/b2-1+. The monoisotopic (exact) mass is 186 g/mol. The summed E-state index contributed by atoms with van der Waals surface area (Å²) in [5.41, 5.74) is 1.08. The molecule has 1 heterocycles. The Labute approximate surface area is 62.5 Å². The molecule has 0 aromatic heterocycles. The van der Waals surface area contributed by atoms with Gasteiger partial charge in [-0.05, 0) is 11.1 Å². The Morgan fingerprint density at radius 2 is 2.67 bits per heavy atom. The van der Waals surface area contributed by atoms with Crippen LogP contribution in [-0.2, 0) is 0 Å². The third-order valence-corrected chi connectivity index (χ3v) is 1.21. The first kappa shape index (κ1) is 6.55. The quantitative estimate of drug-likeness (QED) is 0.659. The van der Waals surface area contributed by atoms with Crippen molar-refractivity contribution in [3.63, 3.8) is 0 Å². The summed E-state index contributed by atoms with van der Waals surface area (Å²) < 4.78 is 0. The van der Waals surface area contributed by atoms with Gasteiger partial charge in [0.1, 0.15) is 6.67 Å². The molecule has 1 aliphatic rings. The van der Waals surface area contributed by atoms with Crippen LogP contribution in [0.5, 0.6) is 0 Å². The van der Waals surface area contributed by atoms with E-state index < -0.39 is 0 Å². The molecule has 9 heavy (non-hydrogen) atoms. The van der Waals surface area contributed by atoms with E-state index in [1.165, 1.54) is 0 Å². The molecular formula is C6H7BrN2. The third-order valence-electron chi connectivity index (χ3n) is 0.947. The van der Waals surface area contributed by atoms with Gasteiger partial charge in [-0.3, -0.25) is 4.99 Å². The molecule has 2 nitrogen and oxygen atoms in total. The van der Waals surface area contributed by atoms with Gasteiger partial charge in [-0.25, -0.2) is 0 Å². The topological polar surface area (TPSA) is 24.4 Å². The molecule has 0 radical (unpaired) electrons. The molecular weight excluding hydrogens is 180 g/mol. The van der Waals surface area contributed by atoms with Crippen LogP contribution in [0.4, 0.5) is 0 Å². The number of halogens is 1. The van der Waals surface area contributed by atoms with Crippen molar-refractivity contribution in [2.45, 2.75) is 0 Å². The lowest BCUT2D eigenvalue weighted by atomic mass is 10.3. The lowest BCUT2D eigenvalue weighted by Crippen LogP contribution is -2.10.